The third-order valence-corrected chi connectivity index (χ3v) is 4.06. The maximum absolute atomic E-state index is 12.4. The van der Waals surface area contributed by atoms with Crippen molar-refractivity contribution in [2.45, 2.75) is 20.4 Å². The normalized spacial score (nSPS) is 16.9. The molecule has 0 spiro atoms. The van der Waals surface area contributed by atoms with Crippen LogP contribution in [0.3, 0.4) is 0 Å². The Labute approximate surface area is 146 Å². The molecular weight excluding hydrogens is 326 g/mol. The van der Waals surface area contributed by atoms with Crippen molar-refractivity contribution in [2.24, 2.45) is 0 Å². The highest BCUT2D eigenvalue weighted by atomic mass is 32.1. The van der Waals surface area contributed by atoms with Crippen LogP contribution in [0.5, 0.6) is 0 Å². The van der Waals surface area contributed by atoms with Gasteiger partial charge in [-0.15, -0.1) is 6.58 Å². The number of rotatable bonds is 7. The van der Waals surface area contributed by atoms with Crippen LogP contribution in [0.25, 0.3) is 6.08 Å². The van der Waals surface area contributed by atoms with Crippen LogP contribution in [-0.2, 0) is 16.1 Å². The van der Waals surface area contributed by atoms with Crippen LogP contribution in [0.15, 0.2) is 34.8 Å². The quantitative estimate of drug-likeness (QED) is 0.353. The lowest BCUT2D eigenvalue weighted by molar-refractivity contribution is -0.128. The van der Waals surface area contributed by atoms with Gasteiger partial charge in [0.2, 0.25) is 0 Å². The second-order valence-electron chi connectivity index (χ2n) is 5.29. The molecule has 1 fully saturated rings. The summed E-state index contributed by atoms with van der Waals surface area (Å²) in [6.45, 7) is 10.5. The highest BCUT2D eigenvalue weighted by Crippen LogP contribution is 2.17. The Morgan fingerprint density at radius 1 is 1.33 bits per heavy atom. The van der Waals surface area contributed by atoms with Crippen molar-refractivity contribution in [1.29, 1.82) is 0 Å². The summed E-state index contributed by atoms with van der Waals surface area (Å²) in [6.07, 6.45) is 3.00. The molecule has 2 amide bonds. The molecule has 0 saturated carbocycles. The van der Waals surface area contributed by atoms with Crippen LogP contribution < -0.4 is 5.32 Å². The van der Waals surface area contributed by atoms with Crippen LogP contribution in [0, 0.1) is 0 Å². The minimum Gasteiger partial charge on any atom is -0.460 e. The first-order valence-corrected chi connectivity index (χ1v) is 8.21. The van der Waals surface area contributed by atoms with E-state index in [2.05, 4.69) is 30.6 Å². The predicted octanol–water partition coefficient (Wildman–Crippen LogP) is 1.93. The van der Waals surface area contributed by atoms with Crippen molar-refractivity contribution < 1.29 is 14.0 Å². The molecule has 1 aliphatic rings. The Hall–Kier alpha value is -2.25. The number of hydrogen-bond acceptors (Lipinski definition) is 5. The molecule has 0 aromatic carbocycles. The van der Waals surface area contributed by atoms with E-state index in [1.807, 2.05) is 6.07 Å². The first kappa shape index (κ1) is 18.1. The van der Waals surface area contributed by atoms with Crippen molar-refractivity contribution in [3.63, 3.8) is 0 Å². The Morgan fingerprint density at radius 3 is 2.67 bits per heavy atom. The van der Waals surface area contributed by atoms with E-state index in [0.717, 1.165) is 18.8 Å². The van der Waals surface area contributed by atoms with Gasteiger partial charge in [-0.2, -0.15) is 0 Å². The molecule has 0 atom stereocenters. The molecule has 1 aliphatic heterocycles. The lowest BCUT2D eigenvalue weighted by Crippen LogP contribution is -2.53. The molecule has 7 heteroatoms. The molecule has 1 saturated heterocycles. The van der Waals surface area contributed by atoms with E-state index in [0.29, 0.717) is 12.3 Å². The highest BCUT2D eigenvalue weighted by molar-refractivity contribution is 7.80. The molecule has 0 unspecified atom stereocenters. The van der Waals surface area contributed by atoms with E-state index in [1.54, 1.807) is 12.1 Å². The van der Waals surface area contributed by atoms with Crippen LogP contribution >= 0.6 is 12.2 Å². The zero-order valence-corrected chi connectivity index (χ0v) is 14.7. The summed E-state index contributed by atoms with van der Waals surface area (Å²) >= 11 is 5.01. The molecule has 128 valence electrons. The highest BCUT2D eigenvalue weighted by Gasteiger charge is 2.32. The fraction of sp³-hybridized carbons (Fsp3) is 0.353. The van der Waals surface area contributed by atoms with Crippen LogP contribution in [0.4, 0.5) is 0 Å². The van der Waals surface area contributed by atoms with E-state index in [9.17, 15) is 9.59 Å². The van der Waals surface area contributed by atoms with Gasteiger partial charge < -0.3 is 4.42 Å². The van der Waals surface area contributed by atoms with Crippen LogP contribution in [-0.4, -0.2) is 46.4 Å². The monoisotopic (exact) mass is 347 g/mol. The number of thiocarbonyl (C=S) groups is 1. The Kier molecular flexibility index (Phi) is 6.05. The minimum atomic E-state index is -0.521. The van der Waals surface area contributed by atoms with Crippen LogP contribution in [0.1, 0.15) is 25.4 Å². The second-order valence-corrected chi connectivity index (χ2v) is 5.67. The number of furan rings is 1. The zero-order valence-electron chi connectivity index (χ0n) is 13.9. The summed E-state index contributed by atoms with van der Waals surface area (Å²) in [5.74, 6) is 0.270. The average molecular weight is 347 g/mol. The summed E-state index contributed by atoms with van der Waals surface area (Å²) < 4.78 is 5.72. The van der Waals surface area contributed by atoms with Crippen molar-refractivity contribution in [2.75, 3.05) is 19.6 Å². The molecule has 0 aliphatic carbocycles. The van der Waals surface area contributed by atoms with Gasteiger partial charge in [-0.1, -0.05) is 19.9 Å². The van der Waals surface area contributed by atoms with Crippen molar-refractivity contribution >= 4 is 35.2 Å². The van der Waals surface area contributed by atoms with Gasteiger partial charge in [-0.3, -0.25) is 24.7 Å². The summed E-state index contributed by atoms with van der Waals surface area (Å²) in [5.41, 5.74) is -0.00538. The largest absolute Gasteiger partial charge is 0.460 e. The predicted molar refractivity (Wildman–Crippen MR) is 96.0 cm³/mol. The Balaban J connectivity index is 2.21. The van der Waals surface area contributed by atoms with E-state index in [4.69, 9.17) is 16.6 Å². The van der Waals surface area contributed by atoms with Gasteiger partial charge in [0.15, 0.2) is 5.11 Å². The topological polar surface area (TPSA) is 65.8 Å². The molecule has 1 aromatic rings. The Bertz CT molecular complexity index is 689. The first-order chi connectivity index (χ1) is 11.5. The van der Waals surface area contributed by atoms with E-state index < -0.39 is 11.8 Å². The molecule has 1 aromatic heterocycles. The van der Waals surface area contributed by atoms with E-state index in [-0.39, 0.29) is 17.2 Å². The van der Waals surface area contributed by atoms with Crippen molar-refractivity contribution in [3.05, 3.63) is 41.9 Å². The standard InChI is InChI=1S/C17H21N3O3S/c1-4-9-20-16(22)14(15(21)18-17(20)24)10-12-7-8-13(23-12)11-19(5-2)6-3/h4,7-8,10H,1,5-6,9,11H2,2-3H3,(H,18,21,24). The lowest BCUT2D eigenvalue weighted by Gasteiger charge is -2.27. The van der Waals surface area contributed by atoms with Crippen LogP contribution in [0.2, 0.25) is 0 Å². The summed E-state index contributed by atoms with van der Waals surface area (Å²) in [5, 5.41) is 2.59. The number of hydrogen-bond donors (Lipinski definition) is 1. The maximum Gasteiger partial charge on any atom is 0.266 e. The number of carbonyl (C=O) groups is 2. The Morgan fingerprint density at radius 2 is 2.04 bits per heavy atom. The first-order valence-electron chi connectivity index (χ1n) is 7.81. The SMILES string of the molecule is C=CCN1C(=O)C(=Cc2ccc(CN(CC)CC)o2)C(=O)NC1=S. The fourth-order valence-corrected chi connectivity index (χ4v) is 2.61. The minimum absolute atomic E-state index is 0.00538. The molecule has 0 bridgehead atoms. The van der Waals surface area contributed by atoms with Gasteiger partial charge in [0.05, 0.1) is 6.54 Å². The van der Waals surface area contributed by atoms with Gasteiger partial charge in [-0.25, -0.2) is 0 Å². The smallest absolute Gasteiger partial charge is 0.266 e. The molecule has 0 radical (unpaired) electrons. The molecule has 1 N–H and O–H groups in total. The zero-order chi connectivity index (χ0) is 17.7. The lowest BCUT2D eigenvalue weighted by atomic mass is 10.1. The average Bonchev–Trinajstić information content (AvgIpc) is 3.00. The third-order valence-electron chi connectivity index (χ3n) is 3.74. The van der Waals surface area contributed by atoms with Gasteiger partial charge in [0.1, 0.15) is 17.1 Å². The van der Waals surface area contributed by atoms with Gasteiger partial charge in [0, 0.05) is 6.54 Å². The van der Waals surface area contributed by atoms with Gasteiger partial charge in [-0.05, 0) is 43.5 Å². The van der Waals surface area contributed by atoms with Crippen molar-refractivity contribution in [3.8, 4) is 0 Å². The number of carbonyl (C=O) groups excluding carboxylic acids is 2. The fourth-order valence-electron chi connectivity index (χ4n) is 2.36. The molecule has 2 heterocycles. The number of nitrogens with one attached hydrogen (secondary N) is 1. The maximum atomic E-state index is 12.4. The number of amides is 2. The van der Waals surface area contributed by atoms with Gasteiger partial charge in [0.25, 0.3) is 11.8 Å². The van der Waals surface area contributed by atoms with E-state index >= 15 is 0 Å². The summed E-state index contributed by atoms with van der Waals surface area (Å²) in [4.78, 5) is 28.0. The van der Waals surface area contributed by atoms with E-state index in [1.165, 1.54) is 11.0 Å². The molecule has 2 rings (SSSR count). The molecule has 6 nitrogen and oxygen atoms in total. The molecule has 24 heavy (non-hydrogen) atoms. The van der Waals surface area contributed by atoms with Crippen molar-refractivity contribution in [1.82, 2.24) is 15.1 Å². The second kappa shape index (κ2) is 8.03. The van der Waals surface area contributed by atoms with Gasteiger partial charge >= 0.3 is 0 Å². The summed E-state index contributed by atoms with van der Waals surface area (Å²) in [6, 6.07) is 3.60. The molecular formula is C17H21N3O3S. The third kappa shape index (κ3) is 3.98. The number of nitrogens with zero attached hydrogens (tertiary/aromatic N) is 2. The summed E-state index contributed by atoms with van der Waals surface area (Å²) in [7, 11) is 0.